The molecule has 6 nitrogen and oxygen atoms in total. The normalized spacial score (nSPS) is 12.3. The van der Waals surface area contributed by atoms with Gasteiger partial charge < -0.3 is 14.6 Å². The number of hydrogen-bond acceptors (Lipinski definition) is 5. The number of hydrogen-bond donors (Lipinski definition) is 1. The van der Waals surface area contributed by atoms with E-state index < -0.39 is 0 Å². The summed E-state index contributed by atoms with van der Waals surface area (Å²) >= 11 is 13.5. The van der Waals surface area contributed by atoms with Crippen LogP contribution >= 0.6 is 35.0 Å². The van der Waals surface area contributed by atoms with Crippen LogP contribution in [0.1, 0.15) is 64.1 Å². The van der Waals surface area contributed by atoms with E-state index in [9.17, 15) is 4.79 Å². The second-order valence-corrected chi connectivity index (χ2v) is 9.92. The molecule has 0 saturated carbocycles. The summed E-state index contributed by atoms with van der Waals surface area (Å²) in [6.45, 7) is 10.3. The Labute approximate surface area is 209 Å². The monoisotopic (exact) mass is 506 g/mol. The molecule has 1 amide bonds. The van der Waals surface area contributed by atoms with Crippen LogP contribution in [-0.4, -0.2) is 26.4 Å². The third kappa shape index (κ3) is 6.22. The van der Waals surface area contributed by atoms with E-state index in [4.69, 9.17) is 27.9 Å². The van der Waals surface area contributed by atoms with Crippen LogP contribution < -0.4 is 10.1 Å². The molecule has 176 valence electrons. The first-order valence-electron chi connectivity index (χ1n) is 10.8. The van der Waals surface area contributed by atoms with Gasteiger partial charge in [-0.25, -0.2) is 0 Å². The molecule has 3 aromatic rings. The molecule has 1 N–H and O–H groups in total. The number of halogens is 2. The topological polar surface area (TPSA) is 69.0 Å². The van der Waals surface area contributed by atoms with Crippen molar-refractivity contribution >= 4 is 46.6 Å². The number of carbonyl (C=O) groups excluding carboxylic acids is 1. The van der Waals surface area contributed by atoms with E-state index >= 15 is 0 Å². The number of amides is 1. The number of nitrogens with zero attached hydrogens (tertiary/aromatic N) is 3. The number of nitrogens with one attached hydrogen (secondary N) is 1. The number of benzene rings is 2. The molecular formula is C24H28Cl2N4O2S. The summed E-state index contributed by atoms with van der Waals surface area (Å²) in [5.41, 5.74) is 1.62. The fourth-order valence-electron chi connectivity index (χ4n) is 3.37. The van der Waals surface area contributed by atoms with Gasteiger partial charge in [-0.1, -0.05) is 73.1 Å². The molecule has 33 heavy (non-hydrogen) atoms. The van der Waals surface area contributed by atoms with Crippen molar-refractivity contribution in [3.63, 3.8) is 0 Å². The van der Waals surface area contributed by atoms with Gasteiger partial charge >= 0.3 is 0 Å². The fraction of sp³-hybridized carbons (Fsp3) is 0.375. The van der Waals surface area contributed by atoms with E-state index in [1.807, 2.05) is 29.7 Å². The molecule has 1 unspecified atom stereocenters. The summed E-state index contributed by atoms with van der Waals surface area (Å²) in [5.74, 6) is 1.84. The number of rotatable bonds is 9. The zero-order valence-corrected chi connectivity index (χ0v) is 21.6. The van der Waals surface area contributed by atoms with Crippen molar-refractivity contribution < 1.29 is 9.53 Å². The SMILES string of the molecule is CC(C)c1ccccc1OC(C)c1nnc(SCC(=O)Nc2cccc(Cl)c2Cl)n1C(C)C. The van der Waals surface area contributed by atoms with Crippen LogP contribution in [0, 0.1) is 0 Å². The number of para-hydroxylation sites is 1. The van der Waals surface area contributed by atoms with Gasteiger partial charge in [-0.3, -0.25) is 4.79 Å². The fourth-order valence-corrected chi connectivity index (χ4v) is 4.60. The minimum absolute atomic E-state index is 0.0920. The van der Waals surface area contributed by atoms with Crippen LogP contribution in [0.5, 0.6) is 5.75 Å². The highest BCUT2D eigenvalue weighted by Crippen LogP contribution is 2.32. The molecule has 1 atom stereocenters. The molecule has 1 heterocycles. The number of aromatic nitrogens is 3. The molecule has 9 heteroatoms. The highest BCUT2D eigenvalue weighted by Gasteiger charge is 2.23. The zero-order valence-electron chi connectivity index (χ0n) is 19.3. The molecule has 0 aliphatic heterocycles. The molecule has 2 aromatic carbocycles. The van der Waals surface area contributed by atoms with Gasteiger partial charge in [-0.2, -0.15) is 0 Å². The quantitative estimate of drug-likeness (QED) is 0.311. The molecule has 3 rings (SSSR count). The highest BCUT2D eigenvalue weighted by atomic mass is 35.5. The van der Waals surface area contributed by atoms with Gasteiger partial charge in [0.25, 0.3) is 0 Å². The largest absolute Gasteiger partial charge is 0.482 e. The van der Waals surface area contributed by atoms with Gasteiger partial charge in [0.15, 0.2) is 17.1 Å². The Hall–Kier alpha value is -2.22. The average molecular weight is 507 g/mol. The minimum Gasteiger partial charge on any atom is -0.482 e. The van der Waals surface area contributed by atoms with Crippen molar-refractivity contribution in [2.75, 3.05) is 11.1 Å². The van der Waals surface area contributed by atoms with Gasteiger partial charge in [-0.05, 0) is 50.5 Å². The van der Waals surface area contributed by atoms with E-state index in [0.29, 0.717) is 32.6 Å². The van der Waals surface area contributed by atoms with E-state index in [1.54, 1.807) is 18.2 Å². The molecule has 0 spiro atoms. The summed E-state index contributed by atoms with van der Waals surface area (Å²) in [7, 11) is 0. The van der Waals surface area contributed by atoms with E-state index in [2.05, 4.69) is 49.3 Å². The lowest BCUT2D eigenvalue weighted by atomic mass is 10.0. The molecule has 0 bridgehead atoms. The lowest BCUT2D eigenvalue weighted by molar-refractivity contribution is -0.113. The van der Waals surface area contributed by atoms with E-state index in [-0.39, 0.29) is 23.8 Å². The van der Waals surface area contributed by atoms with Gasteiger partial charge in [0.1, 0.15) is 5.75 Å². The minimum atomic E-state index is -0.312. The Balaban J connectivity index is 1.73. The first-order valence-corrected chi connectivity index (χ1v) is 12.5. The first-order chi connectivity index (χ1) is 15.7. The lowest BCUT2D eigenvalue weighted by Gasteiger charge is -2.21. The van der Waals surface area contributed by atoms with Crippen molar-refractivity contribution in [1.29, 1.82) is 0 Å². The number of carbonyl (C=O) groups is 1. The van der Waals surface area contributed by atoms with Crippen molar-refractivity contribution in [3.8, 4) is 5.75 Å². The van der Waals surface area contributed by atoms with E-state index in [0.717, 1.165) is 11.3 Å². The molecule has 0 saturated heterocycles. The van der Waals surface area contributed by atoms with Crippen LogP contribution in [0.4, 0.5) is 5.69 Å². The molecule has 0 fully saturated rings. The van der Waals surface area contributed by atoms with Crippen LogP contribution in [0.15, 0.2) is 47.6 Å². The number of ether oxygens (including phenoxy) is 1. The third-order valence-electron chi connectivity index (χ3n) is 4.97. The number of anilines is 1. The molecule has 0 aliphatic carbocycles. The Kier molecular flexibility index (Phi) is 8.68. The summed E-state index contributed by atoms with van der Waals surface area (Å²) < 4.78 is 8.29. The Morgan fingerprint density at radius 1 is 1.06 bits per heavy atom. The maximum atomic E-state index is 12.5. The average Bonchev–Trinajstić information content (AvgIpc) is 3.20. The lowest BCUT2D eigenvalue weighted by Crippen LogP contribution is -2.17. The summed E-state index contributed by atoms with van der Waals surface area (Å²) in [6, 6.07) is 13.2. The van der Waals surface area contributed by atoms with Crippen LogP contribution in [0.25, 0.3) is 0 Å². The molecule has 1 aromatic heterocycles. The second-order valence-electron chi connectivity index (χ2n) is 8.20. The predicted molar refractivity (Wildman–Crippen MR) is 136 cm³/mol. The standard InChI is InChI=1S/C24H28Cl2N4O2S/c1-14(2)17-9-6-7-12-20(17)32-16(5)23-28-29-24(30(23)15(3)4)33-13-21(31)27-19-11-8-10-18(25)22(19)26/h6-12,14-16H,13H2,1-5H3,(H,27,31). The van der Waals surface area contributed by atoms with Crippen LogP contribution in [-0.2, 0) is 4.79 Å². The summed E-state index contributed by atoms with van der Waals surface area (Å²) in [4.78, 5) is 12.5. The van der Waals surface area contributed by atoms with Gasteiger partial charge in [0.05, 0.1) is 21.5 Å². The Morgan fingerprint density at radius 2 is 1.79 bits per heavy atom. The Morgan fingerprint density at radius 3 is 2.48 bits per heavy atom. The third-order valence-corrected chi connectivity index (χ3v) is 6.74. The van der Waals surface area contributed by atoms with Crippen molar-refractivity contribution in [3.05, 3.63) is 63.9 Å². The van der Waals surface area contributed by atoms with Crippen LogP contribution in [0.2, 0.25) is 10.0 Å². The maximum Gasteiger partial charge on any atom is 0.234 e. The summed E-state index contributed by atoms with van der Waals surface area (Å²) in [6.07, 6.45) is -0.312. The number of thioether (sulfide) groups is 1. The smallest absolute Gasteiger partial charge is 0.234 e. The van der Waals surface area contributed by atoms with E-state index in [1.165, 1.54) is 11.8 Å². The summed E-state index contributed by atoms with van der Waals surface area (Å²) in [5, 5.41) is 12.9. The molecule has 0 aliphatic rings. The van der Waals surface area contributed by atoms with Crippen LogP contribution in [0.3, 0.4) is 0 Å². The predicted octanol–water partition coefficient (Wildman–Crippen LogP) is 7.16. The van der Waals surface area contributed by atoms with Gasteiger partial charge in [0.2, 0.25) is 5.91 Å². The molecule has 0 radical (unpaired) electrons. The van der Waals surface area contributed by atoms with Crippen molar-refractivity contribution in [1.82, 2.24) is 14.8 Å². The highest BCUT2D eigenvalue weighted by molar-refractivity contribution is 7.99. The van der Waals surface area contributed by atoms with Crippen molar-refractivity contribution in [2.24, 2.45) is 0 Å². The van der Waals surface area contributed by atoms with Gasteiger partial charge in [-0.15, -0.1) is 10.2 Å². The Bertz CT molecular complexity index is 1120. The second kappa shape index (κ2) is 11.3. The maximum absolute atomic E-state index is 12.5. The van der Waals surface area contributed by atoms with Crippen molar-refractivity contribution in [2.45, 2.75) is 57.8 Å². The first kappa shape index (κ1) is 25.4. The zero-order chi connectivity index (χ0) is 24.1. The van der Waals surface area contributed by atoms with Gasteiger partial charge in [0, 0.05) is 6.04 Å². The molecular weight excluding hydrogens is 479 g/mol.